The highest BCUT2D eigenvalue weighted by Gasteiger charge is 2.05. The molecule has 6 nitrogen and oxygen atoms in total. The monoisotopic (exact) mass is 258 g/mol. The fourth-order valence-corrected chi connectivity index (χ4v) is 1.79. The normalized spacial score (nSPS) is 11.4. The highest BCUT2D eigenvalue weighted by molar-refractivity contribution is 7.90. The van der Waals surface area contributed by atoms with Gasteiger partial charge in [-0.3, -0.25) is 10.1 Å². The molecule has 7 heteroatoms. The summed E-state index contributed by atoms with van der Waals surface area (Å²) in [5.74, 6) is 0.0575. The lowest BCUT2D eigenvalue weighted by Crippen LogP contribution is -2.21. The molecule has 0 amide bonds. The predicted octanol–water partition coefficient (Wildman–Crippen LogP) is 0.729. The first-order valence-corrected chi connectivity index (χ1v) is 7.06. The van der Waals surface area contributed by atoms with E-state index in [0.29, 0.717) is 13.1 Å². The number of benzene rings is 1. The highest BCUT2D eigenvalue weighted by Crippen LogP contribution is 2.12. The van der Waals surface area contributed by atoms with Crippen LogP contribution in [-0.2, 0) is 16.4 Å². The van der Waals surface area contributed by atoms with Crippen LogP contribution < -0.4 is 5.32 Å². The van der Waals surface area contributed by atoms with E-state index in [2.05, 4.69) is 5.32 Å². The van der Waals surface area contributed by atoms with Crippen LogP contribution in [0.1, 0.15) is 5.56 Å². The molecule has 0 fully saturated rings. The average Bonchev–Trinajstić information content (AvgIpc) is 2.23. The molecule has 0 saturated heterocycles. The number of nitro groups is 1. The molecule has 1 aromatic rings. The molecule has 0 radical (unpaired) electrons. The number of nitrogens with one attached hydrogen (secondary N) is 1. The van der Waals surface area contributed by atoms with E-state index >= 15 is 0 Å². The third-order valence-electron chi connectivity index (χ3n) is 2.10. The Hall–Kier alpha value is -1.47. The summed E-state index contributed by atoms with van der Waals surface area (Å²) in [6, 6.07) is 6.24. The van der Waals surface area contributed by atoms with E-state index in [1.54, 1.807) is 12.1 Å². The quantitative estimate of drug-likeness (QED) is 0.461. The Balaban J connectivity index is 2.47. The summed E-state index contributed by atoms with van der Waals surface area (Å²) in [6.07, 6.45) is 1.17. The van der Waals surface area contributed by atoms with Gasteiger partial charge in [0.15, 0.2) is 0 Å². The summed E-state index contributed by atoms with van der Waals surface area (Å²) in [6.45, 7) is 0.749. The number of rotatable bonds is 6. The summed E-state index contributed by atoms with van der Waals surface area (Å²) >= 11 is 0. The lowest BCUT2D eigenvalue weighted by atomic mass is 10.2. The molecule has 17 heavy (non-hydrogen) atoms. The van der Waals surface area contributed by atoms with Crippen molar-refractivity contribution >= 4 is 15.5 Å². The number of hydrogen-bond acceptors (Lipinski definition) is 5. The Morgan fingerprint density at radius 1 is 1.41 bits per heavy atom. The van der Waals surface area contributed by atoms with Gasteiger partial charge in [-0.2, -0.15) is 0 Å². The SMILES string of the molecule is CS(=O)(=O)CCNCc1cccc([N+](=O)[O-])c1. The molecule has 94 valence electrons. The first-order valence-electron chi connectivity index (χ1n) is 5.00. The number of sulfone groups is 1. The molecule has 0 heterocycles. The third-order valence-corrected chi connectivity index (χ3v) is 3.05. The molecular weight excluding hydrogens is 244 g/mol. The van der Waals surface area contributed by atoms with Crippen LogP contribution in [0.3, 0.4) is 0 Å². The molecular formula is C10H14N2O4S. The molecule has 1 rings (SSSR count). The number of hydrogen-bond donors (Lipinski definition) is 1. The Morgan fingerprint density at radius 2 is 2.12 bits per heavy atom. The Bertz CT molecular complexity index is 499. The van der Waals surface area contributed by atoms with Gasteiger partial charge in [0, 0.05) is 31.5 Å². The number of nitrogens with zero attached hydrogens (tertiary/aromatic N) is 1. The van der Waals surface area contributed by atoms with Crippen molar-refractivity contribution in [1.82, 2.24) is 5.32 Å². The lowest BCUT2D eigenvalue weighted by Gasteiger charge is -2.03. The first-order chi connectivity index (χ1) is 7.88. The van der Waals surface area contributed by atoms with Crippen molar-refractivity contribution < 1.29 is 13.3 Å². The zero-order valence-electron chi connectivity index (χ0n) is 9.42. The zero-order valence-corrected chi connectivity index (χ0v) is 10.2. The smallest absolute Gasteiger partial charge is 0.269 e. The molecule has 0 bridgehead atoms. The molecule has 0 aliphatic carbocycles. The molecule has 1 N–H and O–H groups in total. The van der Waals surface area contributed by atoms with Gasteiger partial charge in [0.2, 0.25) is 0 Å². The van der Waals surface area contributed by atoms with Crippen LogP contribution in [0.4, 0.5) is 5.69 Å². The average molecular weight is 258 g/mol. The van der Waals surface area contributed by atoms with Gasteiger partial charge < -0.3 is 5.32 Å². The maximum Gasteiger partial charge on any atom is 0.269 e. The van der Waals surface area contributed by atoms with Crippen LogP contribution in [-0.4, -0.2) is 31.9 Å². The van der Waals surface area contributed by atoms with E-state index in [1.807, 2.05) is 0 Å². The highest BCUT2D eigenvalue weighted by atomic mass is 32.2. The Kier molecular flexibility index (Phi) is 4.59. The van der Waals surface area contributed by atoms with Gasteiger partial charge in [0.05, 0.1) is 10.7 Å². The van der Waals surface area contributed by atoms with Gasteiger partial charge in [0.1, 0.15) is 9.84 Å². The second-order valence-electron chi connectivity index (χ2n) is 3.73. The van der Waals surface area contributed by atoms with Gasteiger partial charge in [-0.1, -0.05) is 12.1 Å². The topological polar surface area (TPSA) is 89.3 Å². The van der Waals surface area contributed by atoms with E-state index in [-0.39, 0.29) is 11.4 Å². The van der Waals surface area contributed by atoms with Gasteiger partial charge >= 0.3 is 0 Å². The predicted molar refractivity (Wildman–Crippen MR) is 64.5 cm³/mol. The lowest BCUT2D eigenvalue weighted by molar-refractivity contribution is -0.384. The summed E-state index contributed by atoms with van der Waals surface area (Å²) in [5.41, 5.74) is 0.792. The molecule has 0 atom stereocenters. The van der Waals surface area contributed by atoms with Crippen LogP contribution in [0.15, 0.2) is 24.3 Å². The van der Waals surface area contributed by atoms with Gasteiger partial charge in [-0.05, 0) is 5.56 Å². The molecule has 0 aromatic heterocycles. The zero-order chi connectivity index (χ0) is 12.9. The maximum absolute atomic E-state index is 10.9. The molecule has 0 aliphatic rings. The van der Waals surface area contributed by atoms with E-state index in [4.69, 9.17) is 0 Å². The van der Waals surface area contributed by atoms with Crippen LogP contribution in [0, 0.1) is 10.1 Å². The maximum atomic E-state index is 10.9. The van der Waals surface area contributed by atoms with Crippen molar-refractivity contribution in [1.29, 1.82) is 0 Å². The molecule has 0 aliphatic heterocycles. The Labute approximate surface area is 99.7 Å². The van der Waals surface area contributed by atoms with Crippen LogP contribution in [0.2, 0.25) is 0 Å². The Morgan fingerprint density at radius 3 is 2.71 bits per heavy atom. The van der Waals surface area contributed by atoms with Crippen molar-refractivity contribution in [2.45, 2.75) is 6.54 Å². The number of nitro benzene ring substituents is 1. The van der Waals surface area contributed by atoms with Gasteiger partial charge in [-0.25, -0.2) is 8.42 Å². The molecule has 0 spiro atoms. The molecule has 0 saturated carbocycles. The summed E-state index contributed by atoms with van der Waals surface area (Å²) in [7, 11) is -2.97. The fourth-order valence-electron chi connectivity index (χ4n) is 1.27. The van der Waals surface area contributed by atoms with Gasteiger partial charge in [-0.15, -0.1) is 0 Å². The van der Waals surface area contributed by atoms with Gasteiger partial charge in [0.25, 0.3) is 5.69 Å². The molecule has 0 unspecified atom stereocenters. The second kappa shape index (κ2) is 5.74. The first kappa shape index (κ1) is 13.6. The van der Waals surface area contributed by atoms with Crippen molar-refractivity contribution in [3.63, 3.8) is 0 Å². The van der Waals surface area contributed by atoms with Crippen molar-refractivity contribution in [3.8, 4) is 0 Å². The van der Waals surface area contributed by atoms with Crippen molar-refractivity contribution in [2.75, 3.05) is 18.6 Å². The van der Waals surface area contributed by atoms with E-state index in [0.717, 1.165) is 5.56 Å². The summed E-state index contributed by atoms with van der Waals surface area (Å²) in [4.78, 5) is 10.1. The van der Waals surface area contributed by atoms with Crippen LogP contribution >= 0.6 is 0 Å². The minimum absolute atomic E-state index is 0.0346. The van der Waals surface area contributed by atoms with Crippen molar-refractivity contribution in [2.24, 2.45) is 0 Å². The summed E-state index contributed by atoms with van der Waals surface area (Å²) < 4.78 is 21.7. The van der Waals surface area contributed by atoms with Crippen LogP contribution in [0.5, 0.6) is 0 Å². The second-order valence-corrected chi connectivity index (χ2v) is 5.99. The van der Waals surface area contributed by atoms with Crippen molar-refractivity contribution in [3.05, 3.63) is 39.9 Å². The van der Waals surface area contributed by atoms with E-state index < -0.39 is 14.8 Å². The number of non-ortho nitro benzene ring substituents is 1. The van der Waals surface area contributed by atoms with Crippen LogP contribution in [0.25, 0.3) is 0 Å². The minimum atomic E-state index is -2.97. The molecule has 1 aromatic carbocycles. The fraction of sp³-hybridized carbons (Fsp3) is 0.400. The minimum Gasteiger partial charge on any atom is -0.312 e. The largest absolute Gasteiger partial charge is 0.312 e. The third kappa shape index (κ3) is 5.41. The summed E-state index contributed by atoms with van der Waals surface area (Å²) in [5, 5.41) is 13.4. The van der Waals surface area contributed by atoms with E-state index in [9.17, 15) is 18.5 Å². The van der Waals surface area contributed by atoms with E-state index in [1.165, 1.54) is 18.4 Å². The standard InChI is InChI=1S/C10H14N2O4S/c1-17(15,16)6-5-11-8-9-3-2-4-10(7-9)12(13)14/h2-4,7,11H,5-6,8H2,1H3.